The predicted octanol–water partition coefficient (Wildman–Crippen LogP) is 2.35. The summed E-state index contributed by atoms with van der Waals surface area (Å²) in [6, 6.07) is 17.3. The molecule has 1 aliphatic rings. The van der Waals surface area contributed by atoms with Crippen LogP contribution in [0.4, 0.5) is 10.1 Å². The van der Waals surface area contributed by atoms with E-state index >= 15 is 0 Å². The van der Waals surface area contributed by atoms with Gasteiger partial charge in [-0.15, -0.1) is 5.10 Å². The van der Waals surface area contributed by atoms with Crippen LogP contribution in [0.1, 0.15) is 37.7 Å². The molecular weight excluding hydrogens is 379 g/mol. The van der Waals surface area contributed by atoms with E-state index in [1.165, 1.54) is 22.7 Å². The Hall–Kier alpha value is -2.80. The molecule has 0 bridgehead atoms. The number of quaternary nitrogens is 1. The minimum Gasteiger partial charge on any atom is -0.360 e. The van der Waals surface area contributed by atoms with Crippen LogP contribution in [0.15, 0.2) is 54.6 Å². The maximum Gasteiger partial charge on any atom is 0.214 e. The van der Waals surface area contributed by atoms with Gasteiger partial charge in [-0.2, -0.15) is 0 Å². The first-order chi connectivity index (χ1) is 14.6. The van der Waals surface area contributed by atoms with Crippen LogP contribution in [0.2, 0.25) is 0 Å². The van der Waals surface area contributed by atoms with E-state index in [9.17, 15) is 4.39 Å². The van der Waals surface area contributed by atoms with Crippen molar-refractivity contribution in [3.8, 4) is 0 Å². The van der Waals surface area contributed by atoms with E-state index in [-0.39, 0.29) is 11.9 Å². The van der Waals surface area contributed by atoms with Gasteiger partial charge in [-0.25, -0.2) is 9.07 Å². The zero-order valence-corrected chi connectivity index (χ0v) is 17.7. The van der Waals surface area contributed by atoms with E-state index in [2.05, 4.69) is 58.5 Å². The van der Waals surface area contributed by atoms with Crippen molar-refractivity contribution < 1.29 is 9.29 Å². The van der Waals surface area contributed by atoms with Gasteiger partial charge in [-0.1, -0.05) is 32.0 Å². The number of piperazine rings is 1. The zero-order chi connectivity index (χ0) is 20.9. The third-order valence-electron chi connectivity index (χ3n) is 5.87. The number of hydrogen-bond donors (Lipinski definition) is 1. The number of aryl methyl sites for hydroxylation is 1. The first kappa shape index (κ1) is 20.5. The average molecular weight is 410 g/mol. The molecule has 30 heavy (non-hydrogen) atoms. The van der Waals surface area contributed by atoms with Gasteiger partial charge in [0.25, 0.3) is 0 Å². The van der Waals surface area contributed by atoms with Crippen molar-refractivity contribution in [1.29, 1.82) is 0 Å². The number of para-hydroxylation sites is 1. The van der Waals surface area contributed by atoms with Crippen LogP contribution >= 0.6 is 0 Å². The van der Waals surface area contributed by atoms with Gasteiger partial charge in [0, 0.05) is 17.8 Å². The van der Waals surface area contributed by atoms with Crippen molar-refractivity contribution in [3.05, 3.63) is 71.8 Å². The highest BCUT2D eigenvalue weighted by Crippen LogP contribution is 2.20. The lowest BCUT2D eigenvalue weighted by Gasteiger charge is -2.37. The van der Waals surface area contributed by atoms with Crippen LogP contribution in [0, 0.1) is 11.7 Å². The lowest BCUT2D eigenvalue weighted by atomic mass is 10.0. The van der Waals surface area contributed by atoms with Gasteiger partial charge in [-0.3, -0.25) is 0 Å². The molecule has 0 unspecified atom stereocenters. The van der Waals surface area contributed by atoms with E-state index in [0.29, 0.717) is 5.92 Å². The number of anilines is 1. The SMILES string of the molecule is CC(C)CCn1nnnc1[C@H](c1ccc(F)cc1)[NH+]1CCN(c2ccccc2)CC1. The van der Waals surface area contributed by atoms with Crippen molar-refractivity contribution in [2.75, 3.05) is 31.1 Å². The molecule has 158 valence electrons. The lowest BCUT2D eigenvalue weighted by Crippen LogP contribution is -3.15. The fourth-order valence-corrected chi connectivity index (χ4v) is 4.16. The number of aromatic nitrogens is 4. The molecule has 0 amide bonds. The molecule has 6 nitrogen and oxygen atoms in total. The average Bonchev–Trinajstić information content (AvgIpc) is 3.23. The molecule has 2 aromatic carbocycles. The maximum atomic E-state index is 13.6. The van der Waals surface area contributed by atoms with Gasteiger partial charge in [0.2, 0.25) is 5.82 Å². The van der Waals surface area contributed by atoms with E-state index in [1.807, 2.05) is 22.9 Å². The quantitative estimate of drug-likeness (QED) is 0.651. The summed E-state index contributed by atoms with van der Waals surface area (Å²) in [6.07, 6.45) is 1.02. The monoisotopic (exact) mass is 409 g/mol. The standard InChI is InChI=1S/C23H29FN6/c1-18(2)12-13-30-23(25-26-27-30)22(19-8-10-20(24)11-9-19)29-16-14-28(15-17-29)21-6-4-3-5-7-21/h3-11,18,22H,12-17H2,1-2H3/p+1/t22-/m0/s1. The van der Waals surface area contributed by atoms with Crippen molar-refractivity contribution in [2.45, 2.75) is 32.9 Å². The Bertz CT molecular complexity index is 916. The summed E-state index contributed by atoms with van der Waals surface area (Å²) in [4.78, 5) is 3.84. The van der Waals surface area contributed by atoms with Crippen molar-refractivity contribution in [1.82, 2.24) is 20.2 Å². The highest BCUT2D eigenvalue weighted by atomic mass is 19.1. The Morgan fingerprint density at radius 1 is 1.00 bits per heavy atom. The molecule has 1 aromatic heterocycles. The first-order valence-electron chi connectivity index (χ1n) is 10.8. The van der Waals surface area contributed by atoms with Crippen molar-refractivity contribution in [3.63, 3.8) is 0 Å². The Kier molecular flexibility index (Phi) is 6.38. The number of nitrogens with zero attached hydrogens (tertiary/aromatic N) is 5. The molecule has 1 aliphatic heterocycles. The number of nitrogens with one attached hydrogen (secondary N) is 1. The number of hydrogen-bond acceptors (Lipinski definition) is 4. The molecule has 1 N–H and O–H groups in total. The first-order valence-corrected chi connectivity index (χ1v) is 10.8. The molecule has 4 rings (SSSR count). The highest BCUT2D eigenvalue weighted by Gasteiger charge is 2.34. The normalized spacial score (nSPS) is 16.2. The summed E-state index contributed by atoms with van der Waals surface area (Å²) in [5.74, 6) is 1.22. The third kappa shape index (κ3) is 4.67. The van der Waals surface area contributed by atoms with Crippen LogP contribution in [0.3, 0.4) is 0 Å². The fourth-order valence-electron chi connectivity index (χ4n) is 4.16. The molecule has 0 radical (unpaired) electrons. The predicted molar refractivity (Wildman–Crippen MR) is 115 cm³/mol. The van der Waals surface area contributed by atoms with E-state index in [4.69, 9.17) is 0 Å². The molecule has 3 aromatic rings. The second-order valence-electron chi connectivity index (χ2n) is 8.41. The summed E-state index contributed by atoms with van der Waals surface area (Å²) in [5.41, 5.74) is 2.32. The molecule has 0 spiro atoms. The summed E-state index contributed by atoms with van der Waals surface area (Å²) >= 11 is 0. The smallest absolute Gasteiger partial charge is 0.214 e. The molecule has 0 aliphatic carbocycles. The molecule has 1 fully saturated rings. The van der Waals surface area contributed by atoms with Gasteiger partial charge in [-0.05, 0) is 59.2 Å². The van der Waals surface area contributed by atoms with Crippen molar-refractivity contribution >= 4 is 5.69 Å². The minimum absolute atomic E-state index is 0.00862. The van der Waals surface area contributed by atoms with Crippen LogP contribution in [0.25, 0.3) is 0 Å². The summed E-state index contributed by atoms with van der Waals surface area (Å²) in [7, 11) is 0. The van der Waals surface area contributed by atoms with E-state index in [0.717, 1.165) is 50.5 Å². The topological polar surface area (TPSA) is 51.3 Å². The van der Waals surface area contributed by atoms with Crippen molar-refractivity contribution in [2.24, 2.45) is 5.92 Å². The van der Waals surface area contributed by atoms with Crippen LogP contribution in [0.5, 0.6) is 0 Å². The minimum atomic E-state index is -0.221. The Morgan fingerprint density at radius 3 is 2.37 bits per heavy atom. The molecule has 1 saturated heterocycles. The molecule has 0 saturated carbocycles. The maximum absolute atomic E-state index is 13.6. The number of rotatable bonds is 7. The van der Waals surface area contributed by atoms with E-state index < -0.39 is 0 Å². The van der Waals surface area contributed by atoms with E-state index in [1.54, 1.807) is 0 Å². The van der Waals surface area contributed by atoms with Crippen LogP contribution in [-0.4, -0.2) is 46.4 Å². The van der Waals surface area contributed by atoms with Gasteiger partial charge in [0.1, 0.15) is 5.82 Å². The summed E-state index contributed by atoms with van der Waals surface area (Å²) < 4.78 is 15.5. The van der Waals surface area contributed by atoms with Gasteiger partial charge in [0.15, 0.2) is 6.04 Å². The Balaban J connectivity index is 1.58. The third-order valence-corrected chi connectivity index (χ3v) is 5.87. The molecule has 2 heterocycles. The Labute approximate surface area is 177 Å². The van der Waals surface area contributed by atoms with Gasteiger partial charge < -0.3 is 9.80 Å². The van der Waals surface area contributed by atoms with Crippen LogP contribution in [-0.2, 0) is 6.54 Å². The zero-order valence-electron chi connectivity index (χ0n) is 17.7. The number of tetrazole rings is 1. The largest absolute Gasteiger partial charge is 0.360 e. The fraction of sp³-hybridized carbons (Fsp3) is 0.435. The highest BCUT2D eigenvalue weighted by molar-refractivity contribution is 5.46. The van der Waals surface area contributed by atoms with Gasteiger partial charge >= 0.3 is 0 Å². The summed E-state index contributed by atoms with van der Waals surface area (Å²) in [5, 5.41) is 12.7. The summed E-state index contributed by atoms with van der Waals surface area (Å²) in [6.45, 7) is 9.06. The molecular formula is C23H30FN6+. The second kappa shape index (κ2) is 9.34. The molecule has 7 heteroatoms. The van der Waals surface area contributed by atoms with Crippen LogP contribution < -0.4 is 9.80 Å². The Morgan fingerprint density at radius 2 is 1.70 bits per heavy atom. The number of benzene rings is 2. The molecule has 1 atom stereocenters. The number of halogens is 1. The van der Waals surface area contributed by atoms with Gasteiger partial charge in [0.05, 0.1) is 26.2 Å². The lowest BCUT2D eigenvalue weighted by molar-refractivity contribution is -0.927. The second-order valence-corrected chi connectivity index (χ2v) is 8.41.